The van der Waals surface area contributed by atoms with E-state index in [1.807, 2.05) is 24.3 Å². The molecular weight excluding hydrogens is 256 g/mol. The van der Waals surface area contributed by atoms with Crippen molar-refractivity contribution in [3.63, 3.8) is 0 Å². The smallest absolute Gasteiger partial charge is 0.141 e. The molecule has 0 atom stereocenters. The number of carbonyl (C=O) groups is 1. The highest BCUT2D eigenvalue weighted by atomic mass is 35.5. The second-order valence-corrected chi connectivity index (χ2v) is 5.45. The Bertz CT molecular complexity index is 564. The van der Waals surface area contributed by atoms with E-state index in [-0.39, 0.29) is 5.78 Å². The molecule has 0 aliphatic carbocycles. The van der Waals surface area contributed by atoms with E-state index in [9.17, 15) is 4.79 Å². The number of aryl methyl sites for hydroxylation is 2. The van der Waals surface area contributed by atoms with Crippen molar-refractivity contribution in [2.24, 2.45) is 0 Å². The predicted molar refractivity (Wildman–Crippen MR) is 79.8 cm³/mol. The molecule has 2 heteroatoms. The maximum atomic E-state index is 12.1. The van der Waals surface area contributed by atoms with Crippen molar-refractivity contribution >= 4 is 17.4 Å². The minimum atomic E-state index is 0.229. The van der Waals surface area contributed by atoms with E-state index in [1.54, 1.807) is 0 Å². The van der Waals surface area contributed by atoms with Crippen LogP contribution in [0.4, 0.5) is 0 Å². The lowest BCUT2D eigenvalue weighted by Gasteiger charge is -2.05. The maximum Gasteiger partial charge on any atom is 0.141 e. The number of hydrogen-bond donors (Lipinski definition) is 0. The largest absolute Gasteiger partial charge is 0.299 e. The van der Waals surface area contributed by atoms with Gasteiger partial charge in [-0.05, 0) is 37.1 Å². The summed E-state index contributed by atoms with van der Waals surface area (Å²) in [7, 11) is 0. The maximum absolute atomic E-state index is 12.1. The fourth-order valence-electron chi connectivity index (χ4n) is 2.29. The monoisotopic (exact) mass is 272 g/mol. The first-order valence-electron chi connectivity index (χ1n) is 6.36. The van der Waals surface area contributed by atoms with E-state index in [0.717, 1.165) is 11.1 Å². The summed E-state index contributed by atoms with van der Waals surface area (Å²) in [5.74, 6) is 0.229. The molecule has 0 saturated carbocycles. The van der Waals surface area contributed by atoms with Gasteiger partial charge in [0.2, 0.25) is 0 Å². The van der Waals surface area contributed by atoms with Crippen molar-refractivity contribution in [2.75, 3.05) is 0 Å². The van der Waals surface area contributed by atoms with Gasteiger partial charge in [0.05, 0.1) is 0 Å². The second kappa shape index (κ2) is 6.03. The van der Waals surface area contributed by atoms with E-state index >= 15 is 0 Å². The van der Waals surface area contributed by atoms with Gasteiger partial charge in [0.15, 0.2) is 0 Å². The average Bonchev–Trinajstić information content (AvgIpc) is 2.30. The van der Waals surface area contributed by atoms with E-state index < -0.39 is 0 Å². The summed E-state index contributed by atoms with van der Waals surface area (Å²) < 4.78 is 0. The zero-order chi connectivity index (χ0) is 13.8. The standard InChI is InChI=1S/C17H17ClO/c1-12-7-13(2)9-15(8-12)11-17(19)10-14-3-5-16(18)6-4-14/h3-9H,10-11H2,1-2H3. The normalized spacial score (nSPS) is 10.5. The second-order valence-electron chi connectivity index (χ2n) is 5.01. The highest BCUT2D eigenvalue weighted by Crippen LogP contribution is 2.13. The van der Waals surface area contributed by atoms with Crippen molar-refractivity contribution < 1.29 is 4.79 Å². The highest BCUT2D eigenvalue weighted by molar-refractivity contribution is 6.30. The molecule has 19 heavy (non-hydrogen) atoms. The molecule has 0 aliphatic heterocycles. The molecule has 0 fully saturated rings. The van der Waals surface area contributed by atoms with Gasteiger partial charge in [-0.25, -0.2) is 0 Å². The van der Waals surface area contributed by atoms with Crippen molar-refractivity contribution in [3.8, 4) is 0 Å². The minimum absolute atomic E-state index is 0.229. The molecule has 0 spiro atoms. The van der Waals surface area contributed by atoms with Crippen LogP contribution < -0.4 is 0 Å². The Balaban J connectivity index is 2.03. The van der Waals surface area contributed by atoms with Crippen LogP contribution >= 0.6 is 11.6 Å². The van der Waals surface area contributed by atoms with Crippen LogP contribution in [0.3, 0.4) is 0 Å². The molecule has 0 unspecified atom stereocenters. The molecular formula is C17H17ClO. The Kier molecular flexibility index (Phi) is 4.39. The first kappa shape index (κ1) is 13.8. The van der Waals surface area contributed by atoms with Gasteiger partial charge in [0.1, 0.15) is 5.78 Å². The van der Waals surface area contributed by atoms with Crippen LogP contribution in [0.25, 0.3) is 0 Å². The Labute approximate surface area is 119 Å². The minimum Gasteiger partial charge on any atom is -0.299 e. The van der Waals surface area contributed by atoms with Crippen LogP contribution in [0.5, 0.6) is 0 Å². The van der Waals surface area contributed by atoms with Crippen LogP contribution in [0.2, 0.25) is 5.02 Å². The van der Waals surface area contributed by atoms with Crippen molar-refractivity contribution in [2.45, 2.75) is 26.7 Å². The Hall–Kier alpha value is -1.60. The summed E-state index contributed by atoms with van der Waals surface area (Å²) in [4.78, 5) is 12.1. The van der Waals surface area contributed by atoms with Gasteiger partial charge in [-0.1, -0.05) is 53.1 Å². The van der Waals surface area contributed by atoms with Gasteiger partial charge in [-0.2, -0.15) is 0 Å². The molecule has 0 amide bonds. The van der Waals surface area contributed by atoms with Gasteiger partial charge in [0.25, 0.3) is 0 Å². The van der Waals surface area contributed by atoms with Crippen LogP contribution in [-0.4, -0.2) is 5.78 Å². The van der Waals surface area contributed by atoms with Gasteiger partial charge < -0.3 is 0 Å². The Morgan fingerprint density at radius 2 is 1.42 bits per heavy atom. The van der Waals surface area contributed by atoms with Crippen molar-refractivity contribution in [3.05, 3.63) is 69.7 Å². The number of carbonyl (C=O) groups excluding carboxylic acids is 1. The molecule has 0 radical (unpaired) electrons. The summed E-state index contributed by atoms with van der Waals surface area (Å²) in [6.07, 6.45) is 0.954. The third kappa shape index (κ3) is 4.22. The fraction of sp³-hybridized carbons (Fsp3) is 0.235. The zero-order valence-electron chi connectivity index (χ0n) is 11.2. The predicted octanol–water partition coefficient (Wildman–Crippen LogP) is 4.31. The molecule has 0 aromatic heterocycles. The molecule has 0 saturated heterocycles. The Morgan fingerprint density at radius 3 is 2.00 bits per heavy atom. The molecule has 0 bridgehead atoms. The number of ketones is 1. The number of Topliss-reactive ketones (excluding diaryl/α,β-unsaturated/α-hetero) is 1. The summed E-state index contributed by atoms with van der Waals surface area (Å²) >= 11 is 5.83. The zero-order valence-corrected chi connectivity index (χ0v) is 12.0. The van der Waals surface area contributed by atoms with Crippen molar-refractivity contribution in [1.82, 2.24) is 0 Å². The number of halogens is 1. The first-order valence-corrected chi connectivity index (χ1v) is 6.74. The topological polar surface area (TPSA) is 17.1 Å². The van der Waals surface area contributed by atoms with Crippen LogP contribution in [0.1, 0.15) is 22.3 Å². The lowest BCUT2D eigenvalue weighted by atomic mass is 10.00. The van der Waals surface area contributed by atoms with Gasteiger partial charge >= 0.3 is 0 Å². The van der Waals surface area contributed by atoms with E-state index in [0.29, 0.717) is 17.9 Å². The molecule has 2 aromatic rings. The molecule has 1 nitrogen and oxygen atoms in total. The third-order valence-electron chi connectivity index (χ3n) is 3.00. The number of rotatable bonds is 4. The van der Waals surface area contributed by atoms with Crippen LogP contribution in [-0.2, 0) is 17.6 Å². The number of hydrogen-bond acceptors (Lipinski definition) is 1. The molecule has 2 rings (SSSR count). The summed E-state index contributed by atoms with van der Waals surface area (Å²) in [5.41, 5.74) is 4.51. The van der Waals surface area contributed by atoms with E-state index in [2.05, 4.69) is 32.0 Å². The molecule has 0 heterocycles. The summed E-state index contributed by atoms with van der Waals surface area (Å²) in [6, 6.07) is 13.7. The fourth-order valence-corrected chi connectivity index (χ4v) is 2.42. The van der Waals surface area contributed by atoms with E-state index in [4.69, 9.17) is 11.6 Å². The summed E-state index contributed by atoms with van der Waals surface area (Å²) in [6.45, 7) is 4.11. The lowest BCUT2D eigenvalue weighted by Crippen LogP contribution is -2.06. The highest BCUT2D eigenvalue weighted by Gasteiger charge is 2.06. The quantitative estimate of drug-likeness (QED) is 0.810. The Morgan fingerprint density at radius 1 is 0.895 bits per heavy atom. The van der Waals surface area contributed by atoms with Crippen LogP contribution in [0, 0.1) is 13.8 Å². The number of benzene rings is 2. The van der Waals surface area contributed by atoms with Crippen LogP contribution in [0.15, 0.2) is 42.5 Å². The van der Waals surface area contributed by atoms with Gasteiger partial charge in [0, 0.05) is 17.9 Å². The molecule has 2 aromatic carbocycles. The SMILES string of the molecule is Cc1cc(C)cc(CC(=O)Cc2ccc(Cl)cc2)c1. The molecule has 98 valence electrons. The van der Waals surface area contributed by atoms with Crippen molar-refractivity contribution in [1.29, 1.82) is 0 Å². The van der Waals surface area contributed by atoms with Gasteiger partial charge in [-0.15, -0.1) is 0 Å². The molecule has 0 aliphatic rings. The average molecular weight is 273 g/mol. The molecule has 0 N–H and O–H groups in total. The first-order chi connectivity index (χ1) is 9.02. The van der Waals surface area contributed by atoms with E-state index in [1.165, 1.54) is 11.1 Å². The summed E-state index contributed by atoms with van der Waals surface area (Å²) in [5, 5.41) is 0.700. The van der Waals surface area contributed by atoms with Gasteiger partial charge in [-0.3, -0.25) is 4.79 Å². The lowest BCUT2D eigenvalue weighted by molar-refractivity contribution is -0.117. The third-order valence-corrected chi connectivity index (χ3v) is 3.25.